The summed E-state index contributed by atoms with van der Waals surface area (Å²) in [6.45, 7) is 2.66. The lowest BCUT2D eigenvalue weighted by Crippen LogP contribution is -2.38. The van der Waals surface area contributed by atoms with Gasteiger partial charge in [-0.1, -0.05) is 25.8 Å². The summed E-state index contributed by atoms with van der Waals surface area (Å²) >= 11 is 0. The van der Waals surface area contributed by atoms with Crippen LogP contribution in [0.4, 0.5) is 10.2 Å². The number of amides is 1. The van der Waals surface area contributed by atoms with Crippen LogP contribution in [0, 0.1) is 0 Å². The van der Waals surface area contributed by atoms with E-state index in [1.165, 1.54) is 4.90 Å². The zero-order chi connectivity index (χ0) is 17.4. The zero-order valence-corrected chi connectivity index (χ0v) is 14.0. The third-order valence-electron chi connectivity index (χ3n) is 4.71. The molecular weight excluding hydrogens is 323 g/mol. The number of rotatable bonds is 5. The van der Waals surface area contributed by atoms with Crippen molar-refractivity contribution >= 4 is 11.7 Å². The maximum Gasteiger partial charge on any atom is 0.275 e. The van der Waals surface area contributed by atoms with Gasteiger partial charge in [0, 0.05) is 23.9 Å². The van der Waals surface area contributed by atoms with Gasteiger partial charge in [0.25, 0.3) is 5.91 Å². The van der Waals surface area contributed by atoms with Gasteiger partial charge in [-0.2, -0.15) is 0 Å². The smallest absolute Gasteiger partial charge is 0.275 e. The SMILES string of the molecule is CCCCCN1C(=O)C(F)(c2ccc3c(c2)OCO3)c2cccnc21. The molecule has 3 heterocycles. The first kappa shape index (κ1) is 15.9. The second-order valence-corrected chi connectivity index (χ2v) is 6.26. The van der Waals surface area contributed by atoms with E-state index in [1.807, 2.05) is 0 Å². The van der Waals surface area contributed by atoms with Crippen LogP contribution < -0.4 is 14.4 Å². The van der Waals surface area contributed by atoms with E-state index in [-0.39, 0.29) is 17.9 Å². The first-order valence-corrected chi connectivity index (χ1v) is 8.52. The van der Waals surface area contributed by atoms with E-state index in [1.54, 1.807) is 36.5 Å². The van der Waals surface area contributed by atoms with Crippen molar-refractivity contribution in [2.45, 2.75) is 31.9 Å². The number of hydrogen-bond donors (Lipinski definition) is 0. The second kappa shape index (κ2) is 6.02. The van der Waals surface area contributed by atoms with Crippen LogP contribution in [-0.2, 0) is 10.5 Å². The quantitative estimate of drug-likeness (QED) is 0.780. The number of benzene rings is 1. The number of fused-ring (bicyclic) bond motifs is 2. The Balaban J connectivity index is 1.77. The molecule has 0 spiro atoms. The Labute approximate surface area is 145 Å². The second-order valence-electron chi connectivity index (χ2n) is 6.26. The van der Waals surface area contributed by atoms with E-state index in [9.17, 15) is 4.79 Å². The summed E-state index contributed by atoms with van der Waals surface area (Å²) in [6, 6.07) is 8.06. The topological polar surface area (TPSA) is 51.7 Å². The molecule has 1 amide bonds. The number of carbonyl (C=O) groups is 1. The van der Waals surface area contributed by atoms with Crippen molar-refractivity contribution in [3.8, 4) is 11.5 Å². The van der Waals surface area contributed by atoms with Gasteiger partial charge in [-0.15, -0.1) is 0 Å². The number of carbonyl (C=O) groups excluding carboxylic acids is 1. The van der Waals surface area contributed by atoms with Crippen molar-refractivity contribution in [1.29, 1.82) is 0 Å². The molecule has 1 aromatic heterocycles. The number of halogens is 1. The Morgan fingerprint density at radius 1 is 1.24 bits per heavy atom. The van der Waals surface area contributed by atoms with Crippen LogP contribution in [0.25, 0.3) is 0 Å². The van der Waals surface area contributed by atoms with Gasteiger partial charge < -0.3 is 9.47 Å². The summed E-state index contributed by atoms with van der Waals surface area (Å²) in [7, 11) is 0. The largest absolute Gasteiger partial charge is 0.454 e. The maximum absolute atomic E-state index is 16.1. The number of ether oxygens (including phenoxy) is 2. The van der Waals surface area contributed by atoms with Gasteiger partial charge in [-0.25, -0.2) is 9.37 Å². The third kappa shape index (κ3) is 2.35. The van der Waals surface area contributed by atoms with Gasteiger partial charge in [0.1, 0.15) is 5.82 Å². The van der Waals surface area contributed by atoms with Crippen LogP contribution in [0.15, 0.2) is 36.5 Å². The molecule has 0 radical (unpaired) electrons. The minimum absolute atomic E-state index is 0.104. The van der Waals surface area contributed by atoms with Crippen molar-refractivity contribution < 1.29 is 18.7 Å². The first-order valence-electron chi connectivity index (χ1n) is 8.52. The summed E-state index contributed by atoms with van der Waals surface area (Å²) in [5, 5.41) is 0. The van der Waals surface area contributed by atoms with Crippen LogP contribution in [0.1, 0.15) is 37.3 Å². The molecule has 0 bridgehead atoms. The molecule has 1 aromatic carbocycles. The zero-order valence-electron chi connectivity index (χ0n) is 14.0. The number of pyridine rings is 1. The summed E-state index contributed by atoms with van der Waals surface area (Å²) in [5.74, 6) is 0.834. The lowest BCUT2D eigenvalue weighted by molar-refractivity contribution is -0.126. The van der Waals surface area contributed by atoms with Crippen LogP contribution >= 0.6 is 0 Å². The Morgan fingerprint density at radius 2 is 2.08 bits per heavy atom. The highest BCUT2D eigenvalue weighted by atomic mass is 19.1. The Hall–Kier alpha value is -2.63. The molecule has 0 saturated heterocycles. The molecule has 6 heteroatoms. The summed E-state index contributed by atoms with van der Waals surface area (Å²) in [4.78, 5) is 18.8. The molecule has 0 aliphatic carbocycles. The molecule has 5 nitrogen and oxygen atoms in total. The predicted molar refractivity (Wildman–Crippen MR) is 90.6 cm³/mol. The van der Waals surface area contributed by atoms with Crippen LogP contribution in [0.3, 0.4) is 0 Å². The van der Waals surface area contributed by atoms with Crippen molar-refractivity contribution in [3.05, 3.63) is 47.7 Å². The molecular formula is C19H19FN2O3. The van der Waals surface area contributed by atoms with Crippen molar-refractivity contribution in [2.24, 2.45) is 0 Å². The monoisotopic (exact) mass is 342 g/mol. The van der Waals surface area contributed by atoms with Crippen molar-refractivity contribution in [2.75, 3.05) is 18.2 Å². The lowest BCUT2D eigenvalue weighted by Gasteiger charge is -2.21. The van der Waals surface area contributed by atoms with E-state index in [2.05, 4.69) is 11.9 Å². The molecule has 2 aromatic rings. The van der Waals surface area contributed by atoms with Gasteiger partial charge in [-0.05, 0) is 30.7 Å². The molecule has 130 valence electrons. The number of anilines is 1. The molecule has 25 heavy (non-hydrogen) atoms. The van der Waals surface area contributed by atoms with E-state index in [4.69, 9.17) is 9.47 Å². The van der Waals surface area contributed by atoms with E-state index < -0.39 is 11.6 Å². The van der Waals surface area contributed by atoms with Crippen LogP contribution in [-0.4, -0.2) is 24.2 Å². The number of hydrogen-bond acceptors (Lipinski definition) is 4. The highest BCUT2D eigenvalue weighted by molar-refractivity contribution is 6.08. The highest BCUT2D eigenvalue weighted by Crippen LogP contribution is 2.48. The van der Waals surface area contributed by atoms with Gasteiger partial charge in [0.15, 0.2) is 11.5 Å². The maximum atomic E-state index is 16.1. The van der Waals surface area contributed by atoms with Gasteiger partial charge in [0.2, 0.25) is 12.5 Å². The van der Waals surface area contributed by atoms with Crippen LogP contribution in [0.2, 0.25) is 0 Å². The molecule has 0 saturated carbocycles. The molecule has 2 aliphatic rings. The normalized spacial score (nSPS) is 20.9. The number of unbranched alkanes of at least 4 members (excludes halogenated alkanes) is 2. The van der Waals surface area contributed by atoms with Crippen molar-refractivity contribution in [3.63, 3.8) is 0 Å². The Bertz CT molecular complexity index is 826. The first-order chi connectivity index (χ1) is 12.2. The average Bonchev–Trinajstić information content (AvgIpc) is 3.19. The van der Waals surface area contributed by atoms with Crippen LogP contribution in [0.5, 0.6) is 11.5 Å². The summed E-state index contributed by atoms with van der Waals surface area (Å²) in [6.07, 6.45) is 4.41. The molecule has 1 atom stereocenters. The molecule has 1 unspecified atom stereocenters. The minimum Gasteiger partial charge on any atom is -0.454 e. The molecule has 4 rings (SSSR count). The molecule has 0 fully saturated rings. The number of alkyl halides is 1. The van der Waals surface area contributed by atoms with E-state index >= 15 is 4.39 Å². The Kier molecular flexibility index (Phi) is 3.82. The summed E-state index contributed by atoms with van der Waals surface area (Å²) < 4.78 is 26.8. The number of nitrogens with zero attached hydrogens (tertiary/aromatic N) is 2. The van der Waals surface area contributed by atoms with E-state index in [0.29, 0.717) is 23.9 Å². The summed E-state index contributed by atoms with van der Waals surface area (Å²) in [5.41, 5.74) is -1.72. The Morgan fingerprint density at radius 3 is 2.92 bits per heavy atom. The average molecular weight is 342 g/mol. The number of aromatic nitrogens is 1. The van der Waals surface area contributed by atoms with Gasteiger partial charge >= 0.3 is 0 Å². The predicted octanol–water partition coefficient (Wildman–Crippen LogP) is 3.56. The highest BCUT2D eigenvalue weighted by Gasteiger charge is 2.54. The standard InChI is InChI=1S/C19H19FN2O3/c1-2-3-4-10-22-17-14(6-5-9-21-17)19(20,18(22)23)13-7-8-15-16(11-13)25-12-24-15/h5-9,11H,2-4,10,12H2,1H3. The fraction of sp³-hybridized carbons (Fsp3) is 0.368. The molecule has 2 aliphatic heterocycles. The van der Waals surface area contributed by atoms with Gasteiger partial charge in [-0.3, -0.25) is 9.69 Å². The van der Waals surface area contributed by atoms with Gasteiger partial charge in [0.05, 0.1) is 0 Å². The van der Waals surface area contributed by atoms with E-state index in [0.717, 1.165) is 19.3 Å². The minimum atomic E-state index is -2.25. The van der Waals surface area contributed by atoms with Crippen molar-refractivity contribution in [1.82, 2.24) is 4.98 Å². The lowest BCUT2D eigenvalue weighted by atomic mass is 9.90. The fourth-order valence-electron chi connectivity index (χ4n) is 3.40. The fourth-order valence-corrected chi connectivity index (χ4v) is 3.40. The molecule has 0 N–H and O–H groups in total. The third-order valence-corrected chi connectivity index (χ3v) is 4.71.